The van der Waals surface area contributed by atoms with Gasteiger partial charge in [0.1, 0.15) is 11.9 Å². The highest BCUT2D eigenvalue weighted by molar-refractivity contribution is 5.09. The smallest absolute Gasteiger partial charge is 0.251 e. The minimum absolute atomic E-state index is 0.562. The van der Waals surface area contributed by atoms with E-state index in [-0.39, 0.29) is 0 Å². The maximum absolute atomic E-state index is 12.8. The normalized spacial score (nSPS) is 13.9. The third kappa shape index (κ3) is 1.81. The zero-order valence-electron chi connectivity index (χ0n) is 7.19. The maximum atomic E-state index is 12.8. The first-order valence-corrected chi connectivity index (χ1v) is 3.62. The molecule has 0 aliphatic rings. The Kier molecular flexibility index (Phi) is 2.82. The first-order valence-electron chi connectivity index (χ1n) is 3.62. The van der Waals surface area contributed by atoms with Gasteiger partial charge in [-0.25, -0.2) is 0 Å². The van der Waals surface area contributed by atoms with Crippen LogP contribution in [0.1, 0.15) is 5.69 Å². The lowest BCUT2D eigenvalue weighted by molar-refractivity contribution is -0.360. The van der Waals surface area contributed by atoms with Crippen LogP contribution in [0.4, 0.5) is 30.7 Å². The minimum Gasteiger partial charge on any atom is -0.251 e. The summed E-state index contributed by atoms with van der Waals surface area (Å²) in [5.74, 6) is -11.7. The summed E-state index contributed by atoms with van der Waals surface area (Å²) in [5, 5.41) is 0. The summed E-state index contributed by atoms with van der Waals surface area (Å²) in [6, 6.07) is 0. The van der Waals surface area contributed by atoms with E-state index in [9.17, 15) is 30.7 Å². The average Bonchev–Trinajstić information content (AvgIpc) is 2.17. The van der Waals surface area contributed by atoms with Gasteiger partial charge in [0, 0.05) is 12.4 Å². The van der Waals surface area contributed by atoms with Crippen molar-refractivity contribution >= 4 is 0 Å². The molecule has 1 rings (SSSR count). The molecule has 0 aliphatic carbocycles. The van der Waals surface area contributed by atoms with Crippen molar-refractivity contribution in [3.8, 4) is 0 Å². The molecule has 0 unspecified atom stereocenters. The SMILES string of the molecule is FC(F)(F)C(F)(F)C(F)(F)c1[c]nccn1. The van der Waals surface area contributed by atoms with Gasteiger partial charge in [-0.15, -0.1) is 0 Å². The fraction of sp³-hybridized carbons (Fsp3) is 0.429. The lowest BCUT2D eigenvalue weighted by Crippen LogP contribution is -2.50. The van der Waals surface area contributed by atoms with E-state index in [0.717, 1.165) is 6.20 Å². The summed E-state index contributed by atoms with van der Waals surface area (Å²) < 4.78 is 85.7. The molecule has 9 heteroatoms. The van der Waals surface area contributed by atoms with Crippen molar-refractivity contribution < 1.29 is 30.7 Å². The van der Waals surface area contributed by atoms with Crippen molar-refractivity contribution in [3.63, 3.8) is 0 Å². The van der Waals surface area contributed by atoms with Crippen LogP contribution in [0.15, 0.2) is 12.4 Å². The van der Waals surface area contributed by atoms with E-state index in [1.807, 2.05) is 0 Å². The molecule has 0 aliphatic heterocycles. The van der Waals surface area contributed by atoms with Crippen LogP contribution in [0.25, 0.3) is 0 Å². The van der Waals surface area contributed by atoms with Gasteiger partial charge in [-0.1, -0.05) is 0 Å². The van der Waals surface area contributed by atoms with Crippen molar-refractivity contribution in [1.29, 1.82) is 0 Å². The molecule has 16 heavy (non-hydrogen) atoms. The molecule has 0 saturated heterocycles. The number of hydrogen-bond acceptors (Lipinski definition) is 2. The zero-order valence-corrected chi connectivity index (χ0v) is 7.19. The van der Waals surface area contributed by atoms with Gasteiger partial charge >= 0.3 is 18.0 Å². The summed E-state index contributed by atoms with van der Waals surface area (Å²) in [5.41, 5.74) is -1.86. The lowest BCUT2D eigenvalue weighted by Gasteiger charge is -2.26. The van der Waals surface area contributed by atoms with Crippen LogP contribution in [-0.2, 0) is 5.92 Å². The Labute approximate surface area is 84.1 Å². The number of nitrogens with zero attached hydrogens (tertiary/aromatic N) is 2. The van der Waals surface area contributed by atoms with Gasteiger partial charge < -0.3 is 0 Å². The molecule has 2 nitrogen and oxygen atoms in total. The summed E-state index contributed by atoms with van der Waals surface area (Å²) in [7, 11) is 0. The monoisotopic (exact) mass is 247 g/mol. The Hall–Kier alpha value is -1.41. The molecule has 0 fully saturated rings. The van der Waals surface area contributed by atoms with Crippen molar-refractivity contribution in [2.45, 2.75) is 18.0 Å². The number of alkyl halides is 7. The predicted molar refractivity (Wildman–Crippen MR) is 35.8 cm³/mol. The van der Waals surface area contributed by atoms with Gasteiger partial charge in [0.2, 0.25) is 0 Å². The predicted octanol–water partition coefficient (Wildman–Crippen LogP) is 2.57. The number of halogens is 7. The second-order valence-corrected chi connectivity index (χ2v) is 2.66. The highest BCUT2D eigenvalue weighted by atomic mass is 19.4. The van der Waals surface area contributed by atoms with Crippen LogP contribution in [0, 0.1) is 6.20 Å². The van der Waals surface area contributed by atoms with Crippen molar-refractivity contribution in [2.24, 2.45) is 0 Å². The highest BCUT2D eigenvalue weighted by Crippen LogP contribution is 2.50. The third-order valence-corrected chi connectivity index (χ3v) is 1.56. The van der Waals surface area contributed by atoms with Crippen molar-refractivity contribution in [1.82, 2.24) is 9.97 Å². The van der Waals surface area contributed by atoms with E-state index >= 15 is 0 Å². The molecule has 0 N–H and O–H groups in total. The Morgan fingerprint density at radius 2 is 1.50 bits per heavy atom. The number of aromatic nitrogens is 2. The summed E-state index contributed by atoms with van der Waals surface area (Å²) in [6.07, 6.45) is -3.72. The van der Waals surface area contributed by atoms with E-state index in [2.05, 4.69) is 9.97 Å². The maximum Gasteiger partial charge on any atom is 0.460 e. The van der Waals surface area contributed by atoms with E-state index in [0.29, 0.717) is 6.20 Å². The van der Waals surface area contributed by atoms with E-state index in [4.69, 9.17) is 0 Å². The highest BCUT2D eigenvalue weighted by Gasteiger charge is 2.74. The molecule has 0 bridgehead atoms. The van der Waals surface area contributed by atoms with Crippen LogP contribution in [0.5, 0.6) is 0 Å². The molecule has 1 radical (unpaired) electrons. The Morgan fingerprint density at radius 3 is 1.88 bits per heavy atom. The number of rotatable bonds is 2. The molecular formula is C7H2F7N2. The topological polar surface area (TPSA) is 25.8 Å². The Bertz CT molecular complexity index is 359. The Balaban J connectivity index is 3.22. The zero-order chi connectivity index (χ0) is 12.6. The van der Waals surface area contributed by atoms with Crippen LogP contribution >= 0.6 is 0 Å². The average molecular weight is 247 g/mol. The first-order chi connectivity index (χ1) is 7.11. The molecule has 0 spiro atoms. The van der Waals surface area contributed by atoms with E-state index in [1.165, 1.54) is 6.20 Å². The molecule has 1 heterocycles. The molecule has 0 saturated carbocycles. The summed E-state index contributed by atoms with van der Waals surface area (Å²) in [6.45, 7) is 0. The summed E-state index contributed by atoms with van der Waals surface area (Å²) in [4.78, 5) is 5.56. The fourth-order valence-electron chi connectivity index (χ4n) is 0.746. The van der Waals surface area contributed by atoms with Gasteiger partial charge in [-0.05, 0) is 0 Å². The fourth-order valence-corrected chi connectivity index (χ4v) is 0.746. The number of hydrogen-bond donors (Lipinski definition) is 0. The first kappa shape index (κ1) is 12.7. The molecule has 89 valence electrons. The van der Waals surface area contributed by atoms with Crippen molar-refractivity contribution in [2.75, 3.05) is 0 Å². The van der Waals surface area contributed by atoms with Gasteiger partial charge in [0.05, 0.1) is 0 Å². The molecule has 1 aromatic rings. The second-order valence-electron chi connectivity index (χ2n) is 2.66. The molecule has 0 aromatic carbocycles. The lowest BCUT2D eigenvalue weighted by atomic mass is 10.1. The van der Waals surface area contributed by atoms with Gasteiger partial charge in [0.25, 0.3) is 0 Å². The van der Waals surface area contributed by atoms with Crippen molar-refractivity contribution in [3.05, 3.63) is 24.3 Å². The van der Waals surface area contributed by atoms with Crippen LogP contribution in [0.2, 0.25) is 0 Å². The molecular weight excluding hydrogens is 245 g/mol. The quantitative estimate of drug-likeness (QED) is 0.750. The van der Waals surface area contributed by atoms with Gasteiger partial charge in [0.15, 0.2) is 0 Å². The van der Waals surface area contributed by atoms with Crippen LogP contribution in [-0.4, -0.2) is 22.1 Å². The molecule has 0 amide bonds. The van der Waals surface area contributed by atoms with Gasteiger partial charge in [-0.3, -0.25) is 9.97 Å². The van der Waals surface area contributed by atoms with Crippen LogP contribution < -0.4 is 0 Å². The van der Waals surface area contributed by atoms with E-state index in [1.54, 1.807) is 0 Å². The van der Waals surface area contributed by atoms with E-state index < -0.39 is 23.7 Å². The second kappa shape index (κ2) is 3.56. The third-order valence-electron chi connectivity index (χ3n) is 1.56. The Morgan fingerprint density at radius 1 is 0.938 bits per heavy atom. The summed E-state index contributed by atoms with van der Waals surface area (Å²) >= 11 is 0. The largest absolute Gasteiger partial charge is 0.460 e. The molecule has 0 atom stereocenters. The molecule has 1 aromatic heterocycles. The minimum atomic E-state index is -6.39. The van der Waals surface area contributed by atoms with Crippen LogP contribution in [0.3, 0.4) is 0 Å². The standard InChI is InChI=1S/C7H2F7N2/c8-5(9,4-3-15-1-2-16-4)6(10,11)7(12,13)14/h1-2H. The van der Waals surface area contributed by atoms with Gasteiger partial charge in [-0.2, -0.15) is 30.7 Å².